The van der Waals surface area contributed by atoms with Crippen LogP contribution in [0.5, 0.6) is 17.2 Å². The lowest BCUT2D eigenvalue weighted by atomic mass is 10.2. The van der Waals surface area contributed by atoms with Gasteiger partial charge in [0.05, 0.1) is 44.9 Å². The monoisotopic (exact) mass is 1010 g/mol. The van der Waals surface area contributed by atoms with Crippen LogP contribution in [-0.2, 0) is 0 Å². The van der Waals surface area contributed by atoms with E-state index in [4.69, 9.17) is 21.9 Å². The number of nitrogen functional groups attached to an aromatic ring is 3. The molecule has 6 aromatic carbocycles. The molecule has 0 saturated carbocycles. The first-order valence-corrected chi connectivity index (χ1v) is 21.2. The summed E-state index contributed by atoms with van der Waals surface area (Å²) < 4.78 is 10.4. The lowest BCUT2D eigenvalue weighted by Gasteiger charge is -1.99. The van der Waals surface area contributed by atoms with Crippen molar-refractivity contribution in [1.29, 1.82) is 0 Å². The van der Waals surface area contributed by atoms with Crippen molar-refractivity contribution in [2.45, 2.75) is 6.92 Å². The van der Waals surface area contributed by atoms with Gasteiger partial charge in [0.2, 0.25) is 0 Å². The first-order valence-electron chi connectivity index (χ1n) is 16.6. The predicted octanol–water partition coefficient (Wildman–Crippen LogP) is 11.6. The van der Waals surface area contributed by atoms with E-state index in [1.165, 1.54) is 0 Å². The molecule has 55 heavy (non-hydrogen) atoms. The van der Waals surface area contributed by atoms with Gasteiger partial charge in [0.25, 0.3) is 0 Å². The van der Waals surface area contributed by atoms with Gasteiger partial charge in [0.1, 0.15) is 32.3 Å². The van der Waals surface area contributed by atoms with Crippen LogP contribution >= 0.6 is 79.2 Å². The number of aromatic hydroxyl groups is 2. The average molecular weight is 1010 g/mol. The molecule has 0 atom stereocenters. The largest absolute Gasteiger partial charge is 0.508 e. The number of fused-ring (bicyclic) bond motifs is 3. The van der Waals surface area contributed by atoms with Gasteiger partial charge < -0.3 is 32.2 Å². The van der Waals surface area contributed by atoms with Crippen molar-refractivity contribution < 1.29 is 14.9 Å². The number of hydrogen-bond acceptors (Lipinski definition) is 12. The zero-order chi connectivity index (χ0) is 38.8. The molecule has 8 N–H and O–H groups in total. The van der Waals surface area contributed by atoms with Crippen molar-refractivity contribution in [1.82, 2.24) is 15.0 Å². The second kappa shape index (κ2) is 16.5. The summed E-state index contributed by atoms with van der Waals surface area (Å²) in [6.07, 6.45) is 0. The summed E-state index contributed by atoms with van der Waals surface area (Å²) in [4.78, 5) is 13.8. The number of halogens is 2. The van der Waals surface area contributed by atoms with Gasteiger partial charge in [0, 0.05) is 33.8 Å². The number of benzene rings is 6. The number of nitrogens with zero attached hydrogens (tertiary/aromatic N) is 3. The van der Waals surface area contributed by atoms with Crippen molar-refractivity contribution in [2.24, 2.45) is 0 Å². The van der Waals surface area contributed by atoms with Crippen LogP contribution < -0.4 is 21.9 Å². The fraction of sp³-hybridized carbons (Fsp3) is 0.0488. The maximum absolute atomic E-state index is 9.69. The molecule has 0 spiro atoms. The van der Waals surface area contributed by atoms with Crippen LogP contribution in [0.1, 0.15) is 5.56 Å². The van der Waals surface area contributed by atoms with Crippen LogP contribution in [0, 0.1) is 14.1 Å². The number of anilines is 3. The molecular weight excluding hydrogens is 974 g/mol. The summed E-state index contributed by atoms with van der Waals surface area (Å²) in [6, 6.07) is 33.9. The van der Waals surface area contributed by atoms with Crippen LogP contribution in [0.3, 0.4) is 0 Å². The summed E-state index contributed by atoms with van der Waals surface area (Å²) in [5, 5.41) is 21.9. The molecular formula is C41H32I2N6O3S3. The van der Waals surface area contributed by atoms with E-state index >= 15 is 0 Å². The zero-order valence-corrected chi connectivity index (χ0v) is 36.0. The van der Waals surface area contributed by atoms with E-state index < -0.39 is 0 Å². The Labute approximate surface area is 355 Å². The number of ether oxygens (including phenoxy) is 1. The summed E-state index contributed by atoms with van der Waals surface area (Å²) in [7, 11) is 1.66. The third-order valence-corrected chi connectivity index (χ3v) is 15.0. The molecule has 14 heteroatoms. The van der Waals surface area contributed by atoms with E-state index in [1.54, 1.807) is 59.3 Å². The Bertz CT molecular complexity index is 2660. The highest BCUT2D eigenvalue weighted by molar-refractivity contribution is 14.1. The molecule has 276 valence electrons. The fourth-order valence-electron chi connectivity index (χ4n) is 5.40. The zero-order valence-electron chi connectivity index (χ0n) is 29.2. The summed E-state index contributed by atoms with van der Waals surface area (Å²) in [6.45, 7) is 2.01. The normalized spacial score (nSPS) is 10.9. The number of aromatic nitrogens is 3. The Hall–Kier alpha value is -4.75. The third kappa shape index (κ3) is 8.42. The van der Waals surface area contributed by atoms with Crippen LogP contribution in [0.2, 0.25) is 0 Å². The molecule has 3 aromatic heterocycles. The minimum Gasteiger partial charge on any atom is -0.508 e. The van der Waals surface area contributed by atoms with Crippen molar-refractivity contribution in [3.63, 3.8) is 0 Å². The molecule has 9 nitrogen and oxygen atoms in total. The number of thiazole rings is 3. The maximum atomic E-state index is 9.69. The smallest absolute Gasteiger partial charge is 0.130 e. The van der Waals surface area contributed by atoms with Gasteiger partial charge in [-0.25, -0.2) is 15.0 Å². The Morgan fingerprint density at radius 2 is 0.964 bits per heavy atom. The Morgan fingerprint density at radius 1 is 0.527 bits per heavy atom. The predicted molar refractivity (Wildman–Crippen MR) is 248 cm³/mol. The van der Waals surface area contributed by atoms with Gasteiger partial charge >= 0.3 is 0 Å². The minimum atomic E-state index is 0.264. The van der Waals surface area contributed by atoms with Crippen molar-refractivity contribution in [3.8, 4) is 49.0 Å². The summed E-state index contributed by atoms with van der Waals surface area (Å²) in [5.41, 5.74) is 26.9. The average Bonchev–Trinajstić information content (AvgIpc) is 3.96. The highest BCUT2D eigenvalue weighted by Crippen LogP contribution is 2.38. The SMILES string of the molecule is COc1ccc(-c2nc3ccc(N)c(I)c3s2)cc1.Cc1c(N)ccc2nc(-c3ccc(O)cc3)sc12.Nc1ccc(-c2nc3ccc(O)c(I)c3s2)cc1. The molecule has 0 unspecified atom stereocenters. The van der Waals surface area contributed by atoms with Crippen LogP contribution in [0.25, 0.3) is 62.4 Å². The highest BCUT2D eigenvalue weighted by atomic mass is 127. The number of phenolic OH excluding ortho intramolecular Hbond substituents is 2. The van der Waals surface area contributed by atoms with Gasteiger partial charge in [-0.3, -0.25) is 0 Å². The first-order chi connectivity index (χ1) is 26.5. The maximum Gasteiger partial charge on any atom is 0.130 e. The third-order valence-electron chi connectivity index (χ3n) is 8.46. The second-order valence-electron chi connectivity index (χ2n) is 12.1. The molecule has 9 rings (SSSR count). The minimum absolute atomic E-state index is 0.264. The molecule has 0 aliphatic carbocycles. The number of rotatable bonds is 4. The number of nitrogens with two attached hydrogens (primary N) is 3. The highest BCUT2D eigenvalue weighted by Gasteiger charge is 2.13. The molecule has 3 heterocycles. The molecule has 0 fully saturated rings. The second-order valence-corrected chi connectivity index (χ2v) is 17.3. The molecule has 0 radical (unpaired) electrons. The van der Waals surface area contributed by atoms with Gasteiger partial charge in [-0.1, -0.05) is 0 Å². The number of aryl methyl sites for hydroxylation is 1. The van der Waals surface area contributed by atoms with Gasteiger partial charge in [-0.15, -0.1) is 34.0 Å². The van der Waals surface area contributed by atoms with Gasteiger partial charge in [-0.05, 0) is 167 Å². The van der Waals surface area contributed by atoms with Crippen molar-refractivity contribution >= 4 is 127 Å². The number of phenols is 2. The number of hydrogen-bond donors (Lipinski definition) is 5. The molecule has 0 aliphatic heterocycles. The molecule has 0 bridgehead atoms. The standard InChI is InChI=1S/C14H11IN2OS.C14H12N2OS.C13H9IN2OS/c1-18-9-4-2-8(3-5-9)14-17-11-7-6-10(16)12(15)13(11)19-14;1-8-11(15)6-7-12-13(8)18-14(16-12)9-2-4-10(17)5-3-9;14-11-10(17)6-5-9-12(11)18-13(16-9)7-1-3-8(15)4-2-7/h2-7H,16H2,1H3;2-7,17H,15H2,1H3;1-6,17H,15H2. The van der Waals surface area contributed by atoms with Gasteiger partial charge in [-0.2, -0.15) is 0 Å². The topological polar surface area (TPSA) is 166 Å². The molecule has 0 saturated heterocycles. The lowest BCUT2D eigenvalue weighted by molar-refractivity contribution is 0.415. The van der Waals surface area contributed by atoms with E-state index in [0.717, 1.165) is 97.9 Å². The Balaban J connectivity index is 0.000000127. The van der Waals surface area contributed by atoms with E-state index in [1.807, 2.05) is 97.9 Å². The number of methoxy groups -OCH3 is 1. The lowest BCUT2D eigenvalue weighted by Crippen LogP contribution is -1.87. The first kappa shape index (κ1) is 38.5. The Kier molecular flexibility index (Phi) is 11.6. The molecule has 0 aliphatic rings. The van der Waals surface area contributed by atoms with Crippen LogP contribution in [0.4, 0.5) is 17.1 Å². The van der Waals surface area contributed by atoms with Crippen LogP contribution in [0.15, 0.2) is 109 Å². The quantitative estimate of drug-likeness (QED) is 0.0852. The summed E-state index contributed by atoms with van der Waals surface area (Å²) >= 11 is 9.28. The van der Waals surface area contributed by atoms with Gasteiger partial charge in [0.15, 0.2) is 0 Å². The Morgan fingerprint density at radius 3 is 1.51 bits per heavy atom. The van der Waals surface area contributed by atoms with E-state index in [0.29, 0.717) is 5.75 Å². The van der Waals surface area contributed by atoms with Crippen molar-refractivity contribution in [2.75, 3.05) is 24.3 Å². The van der Waals surface area contributed by atoms with E-state index in [9.17, 15) is 10.2 Å². The van der Waals surface area contributed by atoms with E-state index in [2.05, 4.69) is 60.1 Å². The molecule has 0 amide bonds. The molecule has 9 aromatic rings. The van der Waals surface area contributed by atoms with Crippen molar-refractivity contribution in [3.05, 3.63) is 122 Å². The van der Waals surface area contributed by atoms with Crippen LogP contribution in [-0.4, -0.2) is 32.3 Å². The fourth-order valence-corrected chi connectivity index (χ4v) is 10.1. The summed E-state index contributed by atoms with van der Waals surface area (Å²) in [5.74, 6) is 1.42. The van der Waals surface area contributed by atoms with E-state index in [-0.39, 0.29) is 5.75 Å².